The molecule has 1 fully saturated rings. The Bertz CT molecular complexity index is 712. The van der Waals surface area contributed by atoms with E-state index in [2.05, 4.69) is 14.8 Å². The first-order chi connectivity index (χ1) is 11.1. The molecule has 0 aliphatic carbocycles. The first kappa shape index (κ1) is 16.3. The average Bonchev–Trinajstić information content (AvgIpc) is 2.83. The molecule has 1 aliphatic heterocycles. The summed E-state index contributed by atoms with van der Waals surface area (Å²) in [7, 11) is 2.04. The number of rotatable bonds is 4. The topological polar surface area (TPSA) is 50.2 Å². The van der Waals surface area contributed by atoms with E-state index in [-0.39, 0.29) is 11.9 Å². The molecule has 1 atom stereocenters. The molecule has 1 amide bonds. The summed E-state index contributed by atoms with van der Waals surface area (Å²) >= 11 is 6.05. The van der Waals surface area contributed by atoms with Crippen molar-refractivity contribution in [2.45, 2.75) is 38.8 Å². The zero-order valence-electron chi connectivity index (χ0n) is 13.7. The monoisotopic (exact) mass is 334 g/mol. The van der Waals surface area contributed by atoms with Gasteiger partial charge in [0.25, 0.3) is 0 Å². The second-order valence-corrected chi connectivity index (χ2v) is 6.65. The number of fused-ring (bicyclic) bond motifs is 1. The van der Waals surface area contributed by atoms with Crippen molar-refractivity contribution < 1.29 is 4.79 Å². The molecular weight excluding hydrogens is 312 g/mol. The van der Waals surface area contributed by atoms with Gasteiger partial charge in [0.05, 0.1) is 17.6 Å². The van der Waals surface area contributed by atoms with Crippen molar-refractivity contribution >= 4 is 28.5 Å². The maximum absolute atomic E-state index is 11.6. The number of halogens is 1. The van der Waals surface area contributed by atoms with E-state index in [4.69, 9.17) is 16.6 Å². The number of hydrogen-bond acceptors (Lipinski definition) is 3. The van der Waals surface area contributed by atoms with Gasteiger partial charge in [-0.1, -0.05) is 18.5 Å². The van der Waals surface area contributed by atoms with Crippen LogP contribution in [0.25, 0.3) is 11.0 Å². The van der Waals surface area contributed by atoms with Crippen molar-refractivity contribution in [3.63, 3.8) is 0 Å². The summed E-state index contributed by atoms with van der Waals surface area (Å²) in [5, 5.41) is 3.82. The average molecular weight is 335 g/mol. The highest BCUT2D eigenvalue weighted by atomic mass is 35.5. The van der Waals surface area contributed by atoms with E-state index in [0.717, 1.165) is 49.3 Å². The van der Waals surface area contributed by atoms with Gasteiger partial charge in [0.1, 0.15) is 5.82 Å². The van der Waals surface area contributed by atoms with Crippen molar-refractivity contribution in [1.29, 1.82) is 0 Å². The van der Waals surface area contributed by atoms with Crippen LogP contribution in [0.3, 0.4) is 0 Å². The number of nitrogens with zero attached hydrogens (tertiary/aromatic N) is 3. The fraction of sp³-hybridized carbons (Fsp3) is 0.529. The standard InChI is InChI=1S/C17H23ClN4O/c1-3-17(23)19-13-5-4-8-22(10-13)11-16-20-14-9-12(18)6-7-15(14)21(16)2/h6-7,9,13H,3-5,8,10-11H2,1-2H3,(H,19,23)/t13-/m1/s1. The van der Waals surface area contributed by atoms with E-state index >= 15 is 0 Å². The highest BCUT2D eigenvalue weighted by Gasteiger charge is 2.22. The second kappa shape index (κ2) is 6.89. The Balaban J connectivity index is 1.71. The Kier molecular flexibility index (Phi) is 4.87. The molecule has 5 nitrogen and oxygen atoms in total. The molecule has 124 valence electrons. The van der Waals surface area contributed by atoms with E-state index in [1.54, 1.807) is 0 Å². The number of amides is 1. The van der Waals surface area contributed by atoms with Gasteiger partial charge in [0, 0.05) is 31.1 Å². The summed E-state index contributed by atoms with van der Waals surface area (Å²) in [6.45, 7) is 4.61. The zero-order chi connectivity index (χ0) is 16.4. The Morgan fingerprint density at radius 3 is 3.09 bits per heavy atom. The van der Waals surface area contributed by atoms with Gasteiger partial charge in [-0.15, -0.1) is 0 Å². The molecule has 1 aromatic carbocycles. The first-order valence-corrected chi connectivity index (χ1v) is 8.57. The van der Waals surface area contributed by atoms with Crippen LogP contribution in [-0.2, 0) is 18.4 Å². The van der Waals surface area contributed by atoms with Crippen LogP contribution in [0.4, 0.5) is 0 Å². The van der Waals surface area contributed by atoms with Crippen molar-refractivity contribution in [3.8, 4) is 0 Å². The fourth-order valence-corrected chi connectivity index (χ4v) is 3.38. The van der Waals surface area contributed by atoms with E-state index in [0.29, 0.717) is 11.4 Å². The molecule has 1 aliphatic rings. The summed E-state index contributed by atoms with van der Waals surface area (Å²) in [5.74, 6) is 1.17. The minimum Gasteiger partial charge on any atom is -0.352 e. The molecule has 1 aromatic heterocycles. The van der Waals surface area contributed by atoms with Crippen LogP contribution in [0, 0.1) is 0 Å². The number of imidazole rings is 1. The predicted molar refractivity (Wildman–Crippen MR) is 92.5 cm³/mol. The molecule has 0 bridgehead atoms. The van der Waals surface area contributed by atoms with Crippen LogP contribution in [0.5, 0.6) is 0 Å². The van der Waals surface area contributed by atoms with Crippen molar-refractivity contribution in [2.75, 3.05) is 13.1 Å². The first-order valence-electron chi connectivity index (χ1n) is 8.19. The molecule has 0 saturated carbocycles. The summed E-state index contributed by atoms with van der Waals surface area (Å²) in [5.41, 5.74) is 2.03. The van der Waals surface area contributed by atoms with Crippen molar-refractivity contribution in [3.05, 3.63) is 29.0 Å². The van der Waals surface area contributed by atoms with E-state index < -0.39 is 0 Å². The molecule has 1 N–H and O–H groups in total. The quantitative estimate of drug-likeness (QED) is 0.935. The van der Waals surface area contributed by atoms with Gasteiger partial charge in [0.15, 0.2) is 0 Å². The highest BCUT2D eigenvalue weighted by molar-refractivity contribution is 6.31. The molecule has 6 heteroatoms. The molecular formula is C17H23ClN4O. The van der Waals surface area contributed by atoms with Crippen molar-refractivity contribution in [2.24, 2.45) is 7.05 Å². The minimum atomic E-state index is 0.134. The molecule has 2 heterocycles. The number of carbonyl (C=O) groups excluding carboxylic acids is 1. The minimum absolute atomic E-state index is 0.134. The molecule has 2 aromatic rings. The van der Waals surface area contributed by atoms with Gasteiger partial charge in [-0.3, -0.25) is 9.69 Å². The molecule has 0 radical (unpaired) electrons. The van der Waals surface area contributed by atoms with Crippen molar-refractivity contribution in [1.82, 2.24) is 19.8 Å². The van der Waals surface area contributed by atoms with E-state index in [1.165, 1.54) is 0 Å². The Hall–Kier alpha value is -1.59. The fourth-order valence-electron chi connectivity index (χ4n) is 3.21. The van der Waals surface area contributed by atoms with Gasteiger partial charge >= 0.3 is 0 Å². The molecule has 0 unspecified atom stereocenters. The Morgan fingerprint density at radius 1 is 1.48 bits per heavy atom. The van der Waals surface area contributed by atoms with Crippen LogP contribution in [0.2, 0.25) is 5.02 Å². The smallest absolute Gasteiger partial charge is 0.219 e. The lowest BCUT2D eigenvalue weighted by atomic mass is 10.1. The summed E-state index contributed by atoms with van der Waals surface area (Å²) < 4.78 is 2.12. The number of hydrogen-bond donors (Lipinski definition) is 1. The number of likely N-dealkylation sites (tertiary alicyclic amines) is 1. The van der Waals surface area contributed by atoms with Crippen LogP contribution in [0.1, 0.15) is 32.0 Å². The molecule has 23 heavy (non-hydrogen) atoms. The number of benzene rings is 1. The van der Waals surface area contributed by atoms with Crippen LogP contribution in [-0.4, -0.2) is 39.5 Å². The predicted octanol–water partition coefficient (Wildman–Crippen LogP) is 2.72. The van der Waals surface area contributed by atoms with Crippen LogP contribution in [0.15, 0.2) is 18.2 Å². The molecule has 1 saturated heterocycles. The Labute approximate surface area is 141 Å². The number of carbonyl (C=O) groups is 1. The normalized spacial score (nSPS) is 19.2. The van der Waals surface area contributed by atoms with Gasteiger partial charge in [-0.2, -0.15) is 0 Å². The van der Waals surface area contributed by atoms with E-state index in [1.807, 2.05) is 32.2 Å². The lowest BCUT2D eigenvalue weighted by molar-refractivity contribution is -0.121. The van der Waals surface area contributed by atoms with Gasteiger partial charge in [-0.05, 0) is 37.6 Å². The highest BCUT2D eigenvalue weighted by Crippen LogP contribution is 2.21. The lowest BCUT2D eigenvalue weighted by Gasteiger charge is -2.32. The van der Waals surface area contributed by atoms with Gasteiger partial charge in [-0.25, -0.2) is 4.98 Å². The summed E-state index contributed by atoms with van der Waals surface area (Å²) in [6.07, 6.45) is 2.70. The number of aromatic nitrogens is 2. The Morgan fingerprint density at radius 2 is 2.30 bits per heavy atom. The van der Waals surface area contributed by atoms with Crippen LogP contribution >= 0.6 is 11.6 Å². The van der Waals surface area contributed by atoms with E-state index in [9.17, 15) is 4.79 Å². The lowest BCUT2D eigenvalue weighted by Crippen LogP contribution is -2.47. The maximum Gasteiger partial charge on any atom is 0.219 e. The maximum atomic E-state index is 11.6. The number of nitrogens with one attached hydrogen (secondary N) is 1. The third kappa shape index (κ3) is 3.67. The largest absolute Gasteiger partial charge is 0.352 e. The zero-order valence-corrected chi connectivity index (χ0v) is 14.4. The molecule has 3 rings (SSSR count). The van der Waals surface area contributed by atoms with Gasteiger partial charge in [0.2, 0.25) is 5.91 Å². The third-order valence-corrected chi connectivity index (χ3v) is 4.73. The second-order valence-electron chi connectivity index (χ2n) is 6.22. The van der Waals surface area contributed by atoms with Gasteiger partial charge < -0.3 is 9.88 Å². The number of aryl methyl sites for hydroxylation is 1. The number of piperidine rings is 1. The summed E-state index contributed by atoms with van der Waals surface area (Å²) in [4.78, 5) is 18.7. The third-order valence-electron chi connectivity index (χ3n) is 4.49. The molecule has 0 spiro atoms. The summed E-state index contributed by atoms with van der Waals surface area (Å²) in [6, 6.07) is 6.06. The SMILES string of the molecule is CCC(=O)N[C@@H]1CCCN(Cc2nc3cc(Cl)ccc3n2C)C1. The van der Waals surface area contributed by atoms with Crippen LogP contribution < -0.4 is 5.32 Å².